The Labute approximate surface area is 113 Å². The summed E-state index contributed by atoms with van der Waals surface area (Å²) in [5.74, 6) is 0.157. The van der Waals surface area contributed by atoms with Crippen LogP contribution in [0.2, 0.25) is 0 Å². The van der Waals surface area contributed by atoms with Crippen molar-refractivity contribution in [3.8, 4) is 0 Å². The number of carbonyl (C=O) groups is 1. The monoisotopic (exact) mass is 310 g/mol. The van der Waals surface area contributed by atoms with Gasteiger partial charge in [-0.15, -0.1) is 0 Å². The molecule has 0 heterocycles. The van der Waals surface area contributed by atoms with Crippen molar-refractivity contribution < 1.29 is 13.9 Å². The number of halogens is 2. The van der Waals surface area contributed by atoms with Gasteiger partial charge in [-0.2, -0.15) is 0 Å². The first-order chi connectivity index (χ1) is 8.59. The Morgan fingerprint density at radius 3 is 2.61 bits per heavy atom. The van der Waals surface area contributed by atoms with Crippen LogP contribution in [-0.2, 0) is 9.53 Å². The van der Waals surface area contributed by atoms with Crippen LogP contribution in [0.5, 0.6) is 0 Å². The van der Waals surface area contributed by atoms with Crippen molar-refractivity contribution in [1.82, 2.24) is 0 Å². The number of alkyl halides is 1. The third-order valence-corrected chi connectivity index (χ3v) is 3.90. The lowest BCUT2D eigenvalue weighted by molar-refractivity contribution is -0.109. The average Bonchev–Trinajstić information content (AvgIpc) is 2.40. The molecule has 0 radical (unpaired) electrons. The predicted octanol–water partition coefficient (Wildman–Crippen LogP) is 3.34. The first kappa shape index (κ1) is 13.0. The molecule has 2 nitrogen and oxygen atoms in total. The van der Waals surface area contributed by atoms with Crippen molar-refractivity contribution in [1.29, 1.82) is 0 Å². The van der Waals surface area contributed by atoms with Gasteiger partial charge in [0, 0.05) is 5.92 Å². The van der Waals surface area contributed by atoms with Crippen molar-refractivity contribution in [3.63, 3.8) is 0 Å². The zero-order valence-electron chi connectivity index (χ0n) is 9.77. The highest BCUT2D eigenvalue weighted by atomic mass is 79.9. The van der Waals surface area contributed by atoms with E-state index in [9.17, 15) is 9.18 Å². The van der Waals surface area contributed by atoms with E-state index in [1.54, 1.807) is 31.4 Å². The minimum absolute atomic E-state index is 0.226. The van der Waals surface area contributed by atoms with Gasteiger partial charge in [-0.25, -0.2) is 4.39 Å². The first-order valence-electron chi connectivity index (χ1n) is 5.45. The Balaban J connectivity index is 2.44. The van der Waals surface area contributed by atoms with E-state index in [0.717, 1.165) is 11.8 Å². The lowest BCUT2D eigenvalue weighted by Crippen LogP contribution is -2.30. The van der Waals surface area contributed by atoms with Gasteiger partial charge in [0.25, 0.3) is 0 Å². The van der Waals surface area contributed by atoms with E-state index in [1.807, 2.05) is 6.08 Å². The van der Waals surface area contributed by atoms with Crippen LogP contribution in [0.15, 0.2) is 48.3 Å². The Morgan fingerprint density at radius 2 is 2.06 bits per heavy atom. The lowest BCUT2D eigenvalue weighted by atomic mass is 9.83. The fourth-order valence-electron chi connectivity index (χ4n) is 1.93. The molecule has 0 saturated carbocycles. The summed E-state index contributed by atoms with van der Waals surface area (Å²) in [5, 5.41) is 0. The van der Waals surface area contributed by atoms with E-state index >= 15 is 0 Å². The molecular weight excluding hydrogens is 299 g/mol. The van der Waals surface area contributed by atoms with Crippen LogP contribution >= 0.6 is 15.9 Å². The number of hydrogen-bond acceptors (Lipinski definition) is 2. The van der Waals surface area contributed by atoms with Crippen LogP contribution in [-0.4, -0.2) is 17.7 Å². The molecule has 1 aromatic carbocycles. The highest BCUT2D eigenvalue weighted by molar-refractivity contribution is 9.10. The van der Waals surface area contributed by atoms with Gasteiger partial charge in [0.1, 0.15) is 22.2 Å². The second-order valence-electron chi connectivity index (χ2n) is 4.08. The molecule has 1 aliphatic rings. The Morgan fingerprint density at radius 1 is 1.39 bits per heavy atom. The Bertz CT molecular complexity index is 507. The van der Waals surface area contributed by atoms with Crippen molar-refractivity contribution in [2.45, 2.75) is 10.2 Å². The average molecular weight is 311 g/mol. The SMILES string of the molecule is COC1=CC(c2ccc(F)cc2)C(Br)(C=O)C=C1. The van der Waals surface area contributed by atoms with Gasteiger partial charge >= 0.3 is 0 Å². The van der Waals surface area contributed by atoms with E-state index in [-0.39, 0.29) is 11.7 Å². The third-order valence-electron chi connectivity index (χ3n) is 2.96. The molecular formula is C14H12BrFO2. The molecule has 0 fully saturated rings. The quantitative estimate of drug-likeness (QED) is 0.632. The molecule has 2 unspecified atom stereocenters. The molecule has 0 aliphatic heterocycles. The summed E-state index contributed by atoms with van der Waals surface area (Å²) in [6.45, 7) is 0. The van der Waals surface area contributed by atoms with Crippen molar-refractivity contribution in [3.05, 3.63) is 59.6 Å². The highest BCUT2D eigenvalue weighted by Gasteiger charge is 2.36. The summed E-state index contributed by atoms with van der Waals surface area (Å²) in [6, 6.07) is 6.10. The molecule has 0 amide bonds. The smallest absolute Gasteiger partial charge is 0.141 e. The largest absolute Gasteiger partial charge is 0.497 e. The van der Waals surface area contributed by atoms with E-state index < -0.39 is 4.32 Å². The minimum atomic E-state index is -0.813. The molecule has 0 aromatic heterocycles. The molecule has 0 bridgehead atoms. The molecule has 94 valence electrons. The summed E-state index contributed by atoms with van der Waals surface area (Å²) in [5.41, 5.74) is 0.847. The van der Waals surface area contributed by atoms with E-state index in [4.69, 9.17) is 4.74 Å². The standard InChI is InChI=1S/C14H12BrFO2/c1-18-12-6-7-14(15,9-17)13(8-12)10-2-4-11(16)5-3-10/h2-9,13H,1H3. The van der Waals surface area contributed by atoms with Crippen molar-refractivity contribution in [2.75, 3.05) is 7.11 Å². The van der Waals surface area contributed by atoms with Crippen LogP contribution in [0.4, 0.5) is 4.39 Å². The Hall–Kier alpha value is -1.42. The molecule has 0 spiro atoms. The van der Waals surface area contributed by atoms with E-state index in [0.29, 0.717) is 5.76 Å². The maximum atomic E-state index is 12.9. The van der Waals surface area contributed by atoms with Crippen LogP contribution in [0.1, 0.15) is 11.5 Å². The number of carbonyl (C=O) groups excluding carboxylic acids is 1. The van der Waals surface area contributed by atoms with Gasteiger partial charge < -0.3 is 9.53 Å². The number of hydrogen-bond donors (Lipinski definition) is 0. The number of methoxy groups -OCH3 is 1. The van der Waals surface area contributed by atoms with Crippen LogP contribution < -0.4 is 0 Å². The molecule has 1 aromatic rings. The minimum Gasteiger partial charge on any atom is -0.497 e. The number of ether oxygens (including phenoxy) is 1. The zero-order valence-corrected chi connectivity index (χ0v) is 11.4. The second-order valence-corrected chi connectivity index (χ2v) is 5.45. The molecule has 0 N–H and O–H groups in total. The van der Waals surface area contributed by atoms with Crippen LogP contribution in [0, 0.1) is 5.82 Å². The summed E-state index contributed by atoms with van der Waals surface area (Å²) in [7, 11) is 1.57. The van der Waals surface area contributed by atoms with Crippen molar-refractivity contribution in [2.24, 2.45) is 0 Å². The van der Waals surface area contributed by atoms with Gasteiger partial charge in [-0.3, -0.25) is 0 Å². The summed E-state index contributed by atoms with van der Waals surface area (Å²) in [6.07, 6.45) is 6.16. The van der Waals surface area contributed by atoms with Crippen LogP contribution in [0.25, 0.3) is 0 Å². The Kier molecular flexibility index (Phi) is 3.66. The predicted molar refractivity (Wildman–Crippen MR) is 71.1 cm³/mol. The lowest BCUT2D eigenvalue weighted by Gasteiger charge is -2.29. The van der Waals surface area contributed by atoms with Gasteiger partial charge in [0.15, 0.2) is 0 Å². The van der Waals surface area contributed by atoms with Crippen molar-refractivity contribution >= 4 is 22.2 Å². The van der Waals surface area contributed by atoms with Gasteiger partial charge in [-0.1, -0.05) is 34.1 Å². The molecule has 2 rings (SSSR count). The summed E-state index contributed by atoms with van der Waals surface area (Å²) < 4.78 is 17.3. The molecule has 18 heavy (non-hydrogen) atoms. The summed E-state index contributed by atoms with van der Waals surface area (Å²) in [4.78, 5) is 11.3. The third kappa shape index (κ3) is 2.38. The number of allylic oxidation sites excluding steroid dienone is 3. The fourth-order valence-corrected chi connectivity index (χ4v) is 2.46. The van der Waals surface area contributed by atoms with Gasteiger partial charge in [-0.05, 0) is 29.8 Å². The normalized spacial score (nSPS) is 26.6. The topological polar surface area (TPSA) is 26.3 Å². The van der Waals surface area contributed by atoms with Gasteiger partial charge in [0.05, 0.1) is 7.11 Å². The van der Waals surface area contributed by atoms with Crippen LogP contribution in [0.3, 0.4) is 0 Å². The molecule has 4 heteroatoms. The number of benzene rings is 1. The van der Waals surface area contributed by atoms with E-state index in [1.165, 1.54) is 12.1 Å². The molecule has 2 atom stereocenters. The maximum absolute atomic E-state index is 12.9. The number of rotatable bonds is 3. The summed E-state index contributed by atoms with van der Waals surface area (Å²) >= 11 is 3.42. The second kappa shape index (κ2) is 5.06. The highest BCUT2D eigenvalue weighted by Crippen LogP contribution is 2.40. The molecule has 0 saturated heterocycles. The van der Waals surface area contributed by atoms with Gasteiger partial charge in [0.2, 0.25) is 0 Å². The molecule has 1 aliphatic carbocycles. The zero-order chi connectivity index (χ0) is 13.2. The maximum Gasteiger partial charge on any atom is 0.141 e. The van der Waals surface area contributed by atoms with E-state index in [2.05, 4.69) is 15.9 Å². The number of aldehydes is 1. The fraction of sp³-hybridized carbons (Fsp3) is 0.214. The first-order valence-corrected chi connectivity index (χ1v) is 6.24.